The molecule has 13 heteroatoms. The van der Waals surface area contributed by atoms with Crippen molar-refractivity contribution in [1.29, 1.82) is 0 Å². The summed E-state index contributed by atoms with van der Waals surface area (Å²) in [6, 6.07) is 6.97. The molecule has 0 radical (unpaired) electrons. The van der Waals surface area contributed by atoms with Crippen LogP contribution in [0, 0.1) is 5.92 Å². The molecule has 1 heterocycles. The molecule has 9 nitrogen and oxygen atoms in total. The van der Waals surface area contributed by atoms with Crippen LogP contribution in [0.4, 0.5) is 17.6 Å². The van der Waals surface area contributed by atoms with Gasteiger partial charge < -0.3 is 24.3 Å². The van der Waals surface area contributed by atoms with Gasteiger partial charge in [-0.25, -0.2) is 0 Å². The Labute approximate surface area is 199 Å². The van der Waals surface area contributed by atoms with E-state index in [4.69, 9.17) is 9.47 Å². The van der Waals surface area contributed by atoms with E-state index in [-0.39, 0.29) is 13.2 Å². The molecule has 0 bridgehead atoms. The van der Waals surface area contributed by atoms with Gasteiger partial charge in [-0.3, -0.25) is 19.3 Å². The highest BCUT2D eigenvalue weighted by atomic mass is 19.3. The van der Waals surface area contributed by atoms with Gasteiger partial charge in [0.2, 0.25) is 5.91 Å². The zero-order valence-electron chi connectivity index (χ0n) is 18.9. The van der Waals surface area contributed by atoms with Crippen LogP contribution in [-0.2, 0) is 39.9 Å². The van der Waals surface area contributed by atoms with Gasteiger partial charge in [0.05, 0.1) is 38.9 Å². The predicted octanol–water partition coefficient (Wildman–Crippen LogP) is 1.60. The SMILES string of the molecule is O=C(CN1CCOCC1)N[C@@H](COC(F)F)C(=O)C[C@@H](COC(F)F)C(=O)OCc1ccccc1. The van der Waals surface area contributed by atoms with Crippen molar-refractivity contribution < 1.29 is 50.9 Å². The van der Waals surface area contributed by atoms with Crippen LogP contribution >= 0.6 is 0 Å². The topological polar surface area (TPSA) is 103 Å². The summed E-state index contributed by atoms with van der Waals surface area (Å²) in [5.41, 5.74) is 0.624. The van der Waals surface area contributed by atoms with Crippen molar-refractivity contribution in [2.45, 2.75) is 32.3 Å². The Hall–Kier alpha value is -2.61. The maximum absolute atomic E-state index is 12.8. The molecule has 1 aromatic carbocycles. The lowest BCUT2D eigenvalue weighted by Gasteiger charge is -2.27. The third-order valence-electron chi connectivity index (χ3n) is 5.01. The summed E-state index contributed by atoms with van der Waals surface area (Å²) in [5.74, 6) is -3.95. The summed E-state index contributed by atoms with van der Waals surface area (Å²) in [4.78, 5) is 39.4. The number of ketones is 1. The Morgan fingerprint density at radius 2 is 1.60 bits per heavy atom. The van der Waals surface area contributed by atoms with Crippen molar-refractivity contribution in [2.75, 3.05) is 46.1 Å². The Morgan fingerprint density at radius 1 is 0.971 bits per heavy atom. The quantitative estimate of drug-likeness (QED) is 0.282. The average molecular weight is 508 g/mol. The zero-order chi connectivity index (χ0) is 25.6. The van der Waals surface area contributed by atoms with Crippen LogP contribution in [-0.4, -0.2) is 87.9 Å². The number of morpholine rings is 1. The van der Waals surface area contributed by atoms with Gasteiger partial charge in [-0.1, -0.05) is 30.3 Å². The fourth-order valence-electron chi connectivity index (χ4n) is 3.22. The van der Waals surface area contributed by atoms with Crippen molar-refractivity contribution in [3.05, 3.63) is 35.9 Å². The minimum Gasteiger partial charge on any atom is -0.461 e. The summed E-state index contributed by atoms with van der Waals surface area (Å²) >= 11 is 0. The second-order valence-electron chi connectivity index (χ2n) is 7.66. The normalized spacial score (nSPS) is 16.2. The van der Waals surface area contributed by atoms with E-state index in [0.717, 1.165) is 0 Å². The molecule has 1 N–H and O–H groups in total. The molecule has 2 rings (SSSR count). The molecule has 2 atom stereocenters. The standard InChI is InChI=1S/C22H28F4N2O7/c23-21(24)34-13-16(20(31)33-12-15-4-2-1-3-5-15)10-18(29)17(14-35-22(25)26)27-19(30)11-28-6-8-32-9-7-28/h1-5,16-17,21-22H,6-14H2,(H,27,30)/t16-,17-/m0/s1. The number of benzene rings is 1. The van der Waals surface area contributed by atoms with Crippen LogP contribution in [0.25, 0.3) is 0 Å². The Balaban J connectivity index is 2.01. The van der Waals surface area contributed by atoms with Gasteiger partial charge in [0, 0.05) is 19.5 Å². The fraction of sp³-hybridized carbons (Fsp3) is 0.591. The second kappa shape index (κ2) is 15.4. The summed E-state index contributed by atoms with van der Waals surface area (Å²) in [6.07, 6.45) is -0.699. The zero-order valence-corrected chi connectivity index (χ0v) is 18.9. The molecule has 35 heavy (non-hydrogen) atoms. The first-order chi connectivity index (χ1) is 16.7. The Morgan fingerprint density at radius 3 is 2.23 bits per heavy atom. The maximum atomic E-state index is 12.8. The molecule has 0 saturated carbocycles. The van der Waals surface area contributed by atoms with E-state index in [0.29, 0.717) is 31.9 Å². The number of rotatable bonds is 15. The van der Waals surface area contributed by atoms with Gasteiger partial charge in [0.1, 0.15) is 12.6 Å². The van der Waals surface area contributed by atoms with Crippen LogP contribution in [0.5, 0.6) is 0 Å². The largest absolute Gasteiger partial charge is 0.461 e. The lowest BCUT2D eigenvalue weighted by Crippen LogP contribution is -2.50. The van der Waals surface area contributed by atoms with Gasteiger partial charge >= 0.3 is 19.2 Å². The molecule has 1 saturated heterocycles. The van der Waals surface area contributed by atoms with Crippen molar-refractivity contribution >= 4 is 17.7 Å². The maximum Gasteiger partial charge on any atom is 0.345 e. The lowest BCUT2D eigenvalue weighted by atomic mass is 9.99. The number of carbonyl (C=O) groups is 3. The number of Topliss-reactive ketones (excluding diaryl/α,β-unsaturated/α-hetero) is 1. The molecule has 1 aliphatic rings. The Kier molecular flexibility index (Phi) is 12.6. The second-order valence-corrected chi connectivity index (χ2v) is 7.66. The van der Waals surface area contributed by atoms with Crippen molar-refractivity contribution in [2.24, 2.45) is 5.92 Å². The molecular weight excluding hydrogens is 480 g/mol. The number of halogens is 4. The van der Waals surface area contributed by atoms with Crippen molar-refractivity contribution in [3.63, 3.8) is 0 Å². The molecular formula is C22H28F4N2O7. The van der Waals surface area contributed by atoms with Gasteiger partial charge in [0.15, 0.2) is 5.78 Å². The minimum absolute atomic E-state index is 0.112. The van der Waals surface area contributed by atoms with Gasteiger partial charge in [-0.15, -0.1) is 0 Å². The van der Waals surface area contributed by atoms with Crippen LogP contribution in [0.1, 0.15) is 12.0 Å². The number of amides is 1. The first-order valence-corrected chi connectivity index (χ1v) is 10.9. The number of carbonyl (C=O) groups excluding carboxylic acids is 3. The molecule has 196 valence electrons. The van der Waals surface area contributed by atoms with Crippen molar-refractivity contribution in [1.82, 2.24) is 10.2 Å². The number of hydrogen-bond acceptors (Lipinski definition) is 8. The first-order valence-electron chi connectivity index (χ1n) is 10.9. The van der Waals surface area contributed by atoms with E-state index in [1.165, 1.54) is 0 Å². The number of alkyl halides is 4. The number of hydrogen-bond donors (Lipinski definition) is 1. The first kappa shape index (κ1) is 28.6. The number of nitrogens with one attached hydrogen (secondary N) is 1. The number of ether oxygens (including phenoxy) is 4. The Bertz CT molecular complexity index is 795. The van der Waals surface area contributed by atoms with E-state index in [9.17, 15) is 31.9 Å². The fourth-order valence-corrected chi connectivity index (χ4v) is 3.22. The van der Waals surface area contributed by atoms with E-state index in [1.807, 2.05) is 0 Å². The average Bonchev–Trinajstić information content (AvgIpc) is 2.83. The van der Waals surface area contributed by atoms with E-state index >= 15 is 0 Å². The van der Waals surface area contributed by atoms with Crippen LogP contribution < -0.4 is 5.32 Å². The van der Waals surface area contributed by atoms with E-state index < -0.39 is 62.5 Å². The summed E-state index contributed by atoms with van der Waals surface area (Å²) < 4.78 is 69.0. The van der Waals surface area contributed by atoms with E-state index in [2.05, 4.69) is 14.8 Å². The summed E-state index contributed by atoms with van der Waals surface area (Å²) in [7, 11) is 0. The molecule has 0 spiro atoms. The lowest BCUT2D eigenvalue weighted by molar-refractivity contribution is -0.167. The molecule has 0 aromatic heterocycles. The predicted molar refractivity (Wildman–Crippen MR) is 112 cm³/mol. The number of nitrogens with zero attached hydrogens (tertiary/aromatic N) is 1. The van der Waals surface area contributed by atoms with Crippen LogP contribution in [0.15, 0.2) is 30.3 Å². The third kappa shape index (κ3) is 11.6. The van der Waals surface area contributed by atoms with Gasteiger partial charge in [-0.05, 0) is 5.56 Å². The molecule has 0 unspecified atom stereocenters. The smallest absolute Gasteiger partial charge is 0.345 e. The summed E-state index contributed by atoms with van der Waals surface area (Å²) in [6.45, 7) is -6.64. The minimum atomic E-state index is -3.21. The molecule has 1 fully saturated rings. The molecule has 1 aliphatic heterocycles. The van der Waals surface area contributed by atoms with Gasteiger partial charge in [0.25, 0.3) is 0 Å². The molecule has 0 aliphatic carbocycles. The molecule has 1 amide bonds. The highest BCUT2D eigenvalue weighted by Gasteiger charge is 2.31. The highest BCUT2D eigenvalue weighted by molar-refractivity contribution is 5.92. The molecule has 1 aromatic rings. The monoisotopic (exact) mass is 508 g/mol. The van der Waals surface area contributed by atoms with Crippen LogP contribution in [0.3, 0.4) is 0 Å². The van der Waals surface area contributed by atoms with Crippen LogP contribution in [0.2, 0.25) is 0 Å². The highest BCUT2D eigenvalue weighted by Crippen LogP contribution is 2.14. The third-order valence-corrected chi connectivity index (χ3v) is 5.01. The van der Waals surface area contributed by atoms with Gasteiger partial charge in [-0.2, -0.15) is 17.6 Å². The van der Waals surface area contributed by atoms with E-state index in [1.54, 1.807) is 35.2 Å². The number of esters is 1. The summed E-state index contributed by atoms with van der Waals surface area (Å²) in [5, 5.41) is 2.32. The van der Waals surface area contributed by atoms with Crippen molar-refractivity contribution in [3.8, 4) is 0 Å².